The van der Waals surface area contributed by atoms with Crippen LogP contribution < -0.4 is 5.32 Å². The molecule has 0 aliphatic rings. The lowest BCUT2D eigenvalue weighted by molar-refractivity contribution is 0.0523. The number of nitrogens with zero attached hydrogens (tertiary/aromatic N) is 3. The van der Waals surface area contributed by atoms with Crippen LogP contribution in [0.15, 0.2) is 30.7 Å². The Morgan fingerprint density at radius 2 is 1.80 bits per heavy atom. The van der Waals surface area contributed by atoms with E-state index < -0.39 is 20.0 Å². The van der Waals surface area contributed by atoms with Crippen LogP contribution in [0.25, 0.3) is 5.82 Å². The Morgan fingerprint density at radius 3 is 2.37 bits per heavy atom. The van der Waals surface area contributed by atoms with E-state index in [1.54, 1.807) is 10.9 Å². The first-order valence-corrected chi connectivity index (χ1v) is 13.3. The van der Waals surface area contributed by atoms with E-state index in [2.05, 4.69) is 49.3 Å². The molecule has 2 aromatic rings. The monoisotopic (exact) mass is 432 g/mol. The molecule has 2 aromatic heterocycles. The van der Waals surface area contributed by atoms with Crippen molar-refractivity contribution in [3.05, 3.63) is 41.9 Å². The molecule has 2 heterocycles. The topological polar surface area (TPSA) is 78.3 Å². The summed E-state index contributed by atoms with van der Waals surface area (Å²) in [7, 11) is -1.73. The van der Waals surface area contributed by atoms with Crippen LogP contribution in [-0.4, -0.2) is 41.4 Å². The fourth-order valence-electron chi connectivity index (χ4n) is 2.40. The van der Waals surface area contributed by atoms with E-state index in [9.17, 15) is 4.79 Å². The highest BCUT2D eigenvalue weighted by Crippen LogP contribution is 2.36. The third-order valence-electron chi connectivity index (χ3n) is 5.18. The average molecular weight is 433 g/mol. The summed E-state index contributed by atoms with van der Waals surface area (Å²) in [6.45, 7) is 17.8. The van der Waals surface area contributed by atoms with Crippen LogP contribution in [0.3, 0.4) is 0 Å². The van der Waals surface area contributed by atoms with Gasteiger partial charge < -0.3 is 14.5 Å². The minimum Gasteiger partial charge on any atom is -0.444 e. The van der Waals surface area contributed by atoms with Crippen LogP contribution in [0.2, 0.25) is 18.1 Å². The molecule has 0 saturated heterocycles. The van der Waals surface area contributed by atoms with Gasteiger partial charge in [-0.2, -0.15) is 5.10 Å². The number of carbonyl (C=O) groups excluding carboxylic acids is 1. The van der Waals surface area contributed by atoms with Crippen LogP contribution >= 0.6 is 0 Å². The standard InChI is InChI=1S/C22H36N4O3Si/c1-21(2,3)29-20(27)24-14-17-9-10-19(23-13-17)26-16-18(15-25-26)11-12-28-30(7,8)22(4,5)6/h9-10,13,15-16H,11-12,14H2,1-8H3,(H,24,27). The number of rotatable bonds is 7. The number of carbonyl (C=O) groups is 1. The van der Waals surface area contributed by atoms with Gasteiger partial charge in [0.1, 0.15) is 5.60 Å². The van der Waals surface area contributed by atoms with Crippen molar-refractivity contribution in [1.29, 1.82) is 0 Å². The zero-order valence-corrected chi connectivity index (χ0v) is 20.6. The number of alkyl carbamates (subject to hydrolysis) is 1. The Bertz CT molecular complexity index is 833. The van der Waals surface area contributed by atoms with E-state index in [0.29, 0.717) is 13.2 Å². The van der Waals surface area contributed by atoms with E-state index in [4.69, 9.17) is 9.16 Å². The van der Waals surface area contributed by atoms with E-state index in [1.165, 1.54) is 0 Å². The van der Waals surface area contributed by atoms with E-state index >= 15 is 0 Å². The molecule has 1 amide bonds. The first kappa shape index (κ1) is 24.1. The maximum absolute atomic E-state index is 11.8. The molecule has 0 bridgehead atoms. The minimum atomic E-state index is -1.73. The van der Waals surface area contributed by atoms with Gasteiger partial charge >= 0.3 is 6.09 Å². The minimum absolute atomic E-state index is 0.210. The summed E-state index contributed by atoms with van der Waals surface area (Å²) in [5, 5.41) is 7.35. The molecular weight excluding hydrogens is 396 g/mol. The van der Waals surface area contributed by atoms with E-state index in [-0.39, 0.29) is 5.04 Å². The van der Waals surface area contributed by atoms with Crippen molar-refractivity contribution in [3.63, 3.8) is 0 Å². The molecule has 0 saturated carbocycles. The maximum Gasteiger partial charge on any atom is 0.407 e. The second kappa shape index (κ2) is 9.30. The van der Waals surface area contributed by atoms with Gasteiger partial charge in [0.05, 0.1) is 6.20 Å². The SMILES string of the molecule is CC(C)(C)OC(=O)NCc1ccc(-n2cc(CCO[Si](C)(C)C(C)(C)C)cn2)nc1. The van der Waals surface area contributed by atoms with Gasteiger partial charge in [0, 0.05) is 25.5 Å². The molecule has 7 nitrogen and oxygen atoms in total. The summed E-state index contributed by atoms with van der Waals surface area (Å²) in [6.07, 6.45) is 5.95. The summed E-state index contributed by atoms with van der Waals surface area (Å²) in [5.41, 5.74) is 1.49. The van der Waals surface area contributed by atoms with Gasteiger partial charge in [-0.3, -0.25) is 0 Å². The van der Waals surface area contributed by atoms with E-state index in [0.717, 1.165) is 23.4 Å². The smallest absolute Gasteiger partial charge is 0.407 e. The second-order valence-electron chi connectivity index (χ2n) is 10.0. The summed E-state index contributed by atoms with van der Waals surface area (Å²) in [6, 6.07) is 3.80. The van der Waals surface area contributed by atoms with Crippen LogP contribution in [-0.2, 0) is 22.1 Å². The highest BCUT2D eigenvalue weighted by molar-refractivity contribution is 6.74. The summed E-state index contributed by atoms with van der Waals surface area (Å²) in [4.78, 5) is 16.2. The van der Waals surface area contributed by atoms with Gasteiger partial charge in [-0.25, -0.2) is 14.5 Å². The Hall–Kier alpha value is -2.19. The van der Waals surface area contributed by atoms with Crippen LogP contribution in [0.4, 0.5) is 4.79 Å². The van der Waals surface area contributed by atoms with Gasteiger partial charge in [0.25, 0.3) is 0 Å². The Labute approximate surface area is 181 Å². The van der Waals surface area contributed by atoms with Crippen LogP contribution in [0.1, 0.15) is 52.7 Å². The molecule has 0 aliphatic carbocycles. The lowest BCUT2D eigenvalue weighted by atomic mass is 10.2. The number of nitrogens with one attached hydrogen (secondary N) is 1. The molecule has 1 N–H and O–H groups in total. The molecule has 0 spiro atoms. The fourth-order valence-corrected chi connectivity index (χ4v) is 3.45. The molecule has 0 fully saturated rings. The molecular formula is C22H36N4O3Si. The van der Waals surface area contributed by atoms with E-state index in [1.807, 2.05) is 45.3 Å². The fraction of sp³-hybridized carbons (Fsp3) is 0.591. The predicted molar refractivity (Wildman–Crippen MR) is 121 cm³/mol. The zero-order valence-electron chi connectivity index (χ0n) is 19.6. The second-order valence-corrected chi connectivity index (χ2v) is 14.8. The van der Waals surface area contributed by atoms with Crippen molar-refractivity contribution in [2.24, 2.45) is 0 Å². The largest absolute Gasteiger partial charge is 0.444 e. The van der Waals surface area contributed by atoms with Crippen molar-refractivity contribution in [2.45, 2.75) is 78.2 Å². The first-order valence-electron chi connectivity index (χ1n) is 10.4. The molecule has 2 rings (SSSR count). The number of aromatic nitrogens is 3. The summed E-state index contributed by atoms with van der Waals surface area (Å²) >= 11 is 0. The zero-order chi connectivity index (χ0) is 22.6. The van der Waals surface area contributed by atoms with Gasteiger partial charge in [-0.15, -0.1) is 0 Å². The highest BCUT2D eigenvalue weighted by atomic mass is 28.4. The predicted octanol–water partition coefficient (Wildman–Crippen LogP) is 4.86. The highest BCUT2D eigenvalue weighted by Gasteiger charge is 2.36. The summed E-state index contributed by atoms with van der Waals surface area (Å²) in [5.74, 6) is 0.729. The lowest BCUT2D eigenvalue weighted by Gasteiger charge is -2.36. The third kappa shape index (κ3) is 7.25. The molecule has 0 radical (unpaired) electrons. The quantitative estimate of drug-likeness (QED) is 0.632. The molecule has 0 aliphatic heterocycles. The number of pyridine rings is 1. The number of hydrogen-bond acceptors (Lipinski definition) is 5. The first-order chi connectivity index (χ1) is 13.8. The Kier molecular flexibility index (Phi) is 7.47. The van der Waals surface area contributed by atoms with Crippen molar-refractivity contribution < 1.29 is 14.0 Å². The van der Waals surface area contributed by atoms with Crippen molar-refractivity contribution in [2.75, 3.05) is 6.61 Å². The van der Waals surface area contributed by atoms with Crippen molar-refractivity contribution in [3.8, 4) is 5.82 Å². The van der Waals surface area contributed by atoms with Crippen LogP contribution in [0, 0.1) is 0 Å². The van der Waals surface area contributed by atoms with Crippen LogP contribution in [0.5, 0.6) is 0 Å². The average Bonchev–Trinajstić information content (AvgIpc) is 3.07. The Morgan fingerprint density at radius 1 is 1.10 bits per heavy atom. The molecule has 8 heteroatoms. The summed E-state index contributed by atoms with van der Waals surface area (Å²) < 4.78 is 13.2. The molecule has 30 heavy (non-hydrogen) atoms. The molecule has 0 unspecified atom stereocenters. The number of amides is 1. The molecule has 0 aromatic carbocycles. The number of hydrogen-bond donors (Lipinski definition) is 1. The molecule has 0 atom stereocenters. The maximum atomic E-state index is 11.8. The lowest BCUT2D eigenvalue weighted by Crippen LogP contribution is -2.41. The van der Waals surface area contributed by atoms with Gasteiger partial charge in [-0.1, -0.05) is 26.8 Å². The third-order valence-corrected chi connectivity index (χ3v) is 9.71. The number of ether oxygens (including phenoxy) is 1. The van der Waals surface area contributed by atoms with Gasteiger partial charge in [0.2, 0.25) is 0 Å². The molecule has 166 valence electrons. The normalized spacial score (nSPS) is 12.7. The Balaban J connectivity index is 1.88. The van der Waals surface area contributed by atoms with Gasteiger partial charge in [0.15, 0.2) is 14.1 Å². The van der Waals surface area contributed by atoms with Gasteiger partial charge in [-0.05, 0) is 62.5 Å². The van der Waals surface area contributed by atoms with Crippen molar-refractivity contribution in [1.82, 2.24) is 20.1 Å². The van der Waals surface area contributed by atoms with Crippen molar-refractivity contribution >= 4 is 14.4 Å².